The summed E-state index contributed by atoms with van der Waals surface area (Å²) in [7, 11) is 0. The first kappa shape index (κ1) is 18.0. The number of hydrogen-bond donors (Lipinski definition) is 1. The van der Waals surface area contributed by atoms with Gasteiger partial charge in [-0.2, -0.15) is 0 Å². The van der Waals surface area contributed by atoms with Crippen LogP contribution in [0.15, 0.2) is 41.0 Å². The highest BCUT2D eigenvalue weighted by molar-refractivity contribution is 5.81. The van der Waals surface area contributed by atoms with Crippen molar-refractivity contribution in [2.24, 2.45) is 5.92 Å². The van der Waals surface area contributed by atoms with Crippen LogP contribution in [0.3, 0.4) is 0 Å². The van der Waals surface area contributed by atoms with Gasteiger partial charge in [-0.05, 0) is 75.4 Å². The van der Waals surface area contributed by atoms with Crippen LogP contribution in [0.4, 0.5) is 0 Å². The average Bonchev–Trinajstić information content (AvgIpc) is 2.71. The third-order valence-electron chi connectivity index (χ3n) is 5.63. The Labute approximate surface area is 142 Å². The van der Waals surface area contributed by atoms with Crippen molar-refractivity contribution in [2.45, 2.75) is 66.8 Å². The maximum Gasteiger partial charge on any atom is 0.0383 e. The highest BCUT2D eigenvalue weighted by atomic mass is 14.9. The first-order valence-electron chi connectivity index (χ1n) is 9.04. The van der Waals surface area contributed by atoms with Crippen molar-refractivity contribution in [3.63, 3.8) is 0 Å². The van der Waals surface area contributed by atoms with E-state index in [1.54, 1.807) is 0 Å². The van der Waals surface area contributed by atoms with E-state index < -0.39 is 0 Å². The van der Waals surface area contributed by atoms with Crippen molar-refractivity contribution in [3.05, 3.63) is 52.1 Å². The van der Waals surface area contributed by atoms with Gasteiger partial charge in [-0.15, -0.1) is 0 Å². The molecule has 126 valence electrons. The first-order valence-corrected chi connectivity index (χ1v) is 9.04. The lowest BCUT2D eigenvalue weighted by Gasteiger charge is -2.31. The second kappa shape index (κ2) is 7.05. The number of hydrogen-bond acceptors (Lipinski definition) is 1. The Morgan fingerprint density at radius 1 is 1.04 bits per heavy atom. The predicted molar refractivity (Wildman–Crippen MR) is 103 cm³/mol. The molecule has 1 aromatic rings. The summed E-state index contributed by atoms with van der Waals surface area (Å²) in [6, 6.07) is 8.95. The Morgan fingerprint density at radius 3 is 2.26 bits per heavy atom. The quantitative estimate of drug-likeness (QED) is 0.629. The summed E-state index contributed by atoms with van der Waals surface area (Å²) in [6.07, 6.45) is 2.46. The molecule has 0 heterocycles. The molecule has 0 saturated carbocycles. The van der Waals surface area contributed by atoms with E-state index >= 15 is 0 Å². The molecule has 0 fully saturated rings. The molecule has 1 aliphatic rings. The third kappa shape index (κ3) is 3.45. The lowest BCUT2D eigenvalue weighted by atomic mass is 9.82. The second-order valence-corrected chi connectivity index (χ2v) is 7.52. The topological polar surface area (TPSA) is 12.0 Å². The fourth-order valence-corrected chi connectivity index (χ4v) is 3.73. The van der Waals surface area contributed by atoms with Gasteiger partial charge in [-0.1, -0.05) is 50.1 Å². The van der Waals surface area contributed by atoms with Crippen molar-refractivity contribution in [1.82, 2.24) is 5.32 Å². The van der Waals surface area contributed by atoms with Gasteiger partial charge in [-0.25, -0.2) is 0 Å². The Morgan fingerprint density at radius 2 is 1.70 bits per heavy atom. The first-order chi connectivity index (χ1) is 10.8. The Bertz CT molecular complexity index is 631. The van der Waals surface area contributed by atoms with E-state index in [1.807, 2.05) is 0 Å². The van der Waals surface area contributed by atoms with Gasteiger partial charge in [-0.3, -0.25) is 0 Å². The molecule has 0 bridgehead atoms. The van der Waals surface area contributed by atoms with Gasteiger partial charge in [0, 0.05) is 11.5 Å². The van der Waals surface area contributed by atoms with Gasteiger partial charge >= 0.3 is 0 Å². The Hall–Kier alpha value is -1.34. The summed E-state index contributed by atoms with van der Waals surface area (Å²) in [5.74, 6) is 0.516. The maximum atomic E-state index is 3.76. The molecule has 1 unspecified atom stereocenters. The smallest absolute Gasteiger partial charge is 0.0383 e. The van der Waals surface area contributed by atoms with E-state index in [0.29, 0.717) is 5.92 Å². The SMILES string of the molecule is CCCCNC(C)(C)c1ccccc1C1=C(C)C(C)=C(C)C1C. The molecule has 0 saturated heterocycles. The van der Waals surface area contributed by atoms with Gasteiger partial charge in [0.05, 0.1) is 0 Å². The number of allylic oxidation sites excluding steroid dienone is 4. The van der Waals surface area contributed by atoms with Crippen LogP contribution in [0.2, 0.25) is 0 Å². The van der Waals surface area contributed by atoms with E-state index in [0.717, 1.165) is 6.54 Å². The van der Waals surface area contributed by atoms with Gasteiger partial charge in [0.15, 0.2) is 0 Å². The Kier molecular flexibility index (Phi) is 5.52. The van der Waals surface area contributed by atoms with Gasteiger partial charge in [0.1, 0.15) is 0 Å². The van der Waals surface area contributed by atoms with Crippen LogP contribution in [0.5, 0.6) is 0 Å². The van der Waals surface area contributed by atoms with E-state index in [-0.39, 0.29) is 5.54 Å². The molecule has 1 N–H and O–H groups in total. The predicted octanol–water partition coefficient (Wildman–Crippen LogP) is 6.07. The summed E-state index contributed by atoms with van der Waals surface area (Å²) in [5.41, 5.74) is 8.79. The highest BCUT2D eigenvalue weighted by Crippen LogP contribution is 2.44. The molecule has 2 rings (SSSR count). The monoisotopic (exact) mass is 311 g/mol. The van der Waals surface area contributed by atoms with E-state index in [1.165, 1.54) is 46.3 Å². The molecule has 1 nitrogen and oxygen atoms in total. The molecule has 0 spiro atoms. The van der Waals surface area contributed by atoms with E-state index in [9.17, 15) is 0 Å². The minimum absolute atomic E-state index is 0.0108. The van der Waals surface area contributed by atoms with Crippen LogP contribution in [-0.2, 0) is 5.54 Å². The van der Waals surface area contributed by atoms with Gasteiger partial charge in [0.2, 0.25) is 0 Å². The summed E-state index contributed by atoms with van der Waals surface area (Å²) in [6.45, 7) is 17.1. The van der Waals surface area contributed by atoms with Crippen molar-refractivity contribution in [3.8, 4) is 0 Å². The lowest BCUT2D eigenvalue weighted by Crippen LogP contribution is -2.38. The van der Waals surface area contributed by atoms with Crippen LogP contribution in [0.25, 0.3) is 5.57 Å². The fourth-order valence-electron chi connectivity index (χ4n) is 3.73. The Balaban J connectivity index is 2.44. The minimum atomic E-state index is -0.0108. The maximum absolute atomic E-state index is 3.76. The summed E-state index contributed by atoms with van der Waals surface area (Å²) in [4.78, 5) is 0. The standard InChI is InChI=1S/C22H33N/c1-8-9-14-23-22(6,7)20-13-11-10-12-19(20)21-17(4)15(2)16(3)18(21)5/h10-13,17,23H,8-9,14H2,1-7H3. The zero-order chi connectivity index (χ0) is 17.2. The minimum Gasteiger partial charge on any atom is -0.308 e. The molecular weight excluding hydrogens is 278 g/mol. The van der Waals surface area contributed by atoms with Crippen molar-refractivity contribution < 1.29 is 0 Å². The van der Waals surface area contributed by atoms with Crippen LogP contribution >= 0.6 is 0 Å². The summed E-state index contributed by atoms with van der Waals surface area (Å²) < 4.78 is 0. The summed E-state index contributed by atoms with van der Waals surface area (Å²) >= 11 is 0. The molecular formula is C22H33N. The molecule has 0 amide bonds. The van der Waals surface area contributed by atoms with E-state index in [4.69, 9.17) is 0 Å². The molecule has 0 aliphatic heterocycles. The molecule has 1 heteroatoms. The lowest BCUT2D eigenvalue weighted by molar-refractivity contribution is 0.398. The number of benzene rings is 1. The zero-order valence-corrected chi connectivity index (χ0v) is 16.0. The zero-order valence-electron chi connectivity index (χ0n) is 16.0. The normalized spacial score (nSPS) is 19.0. The van der Waals surface area contributed by atoms with Crippen LogP contribution in [-0.4, -0.2) is 6.54 Å². The van der Waals surface area contributed by atoms with E-state index in [2.05, 4.69) is 78.0 Å². The number of unbranched alkanes of at least 4 members (excludes halogenated alkanes) is 1. The van der Waals surface area contributed by atoms with Crippen LogP contribution < -0.4 is 5.32 Å². The van der Waals surface area contributed by atoms with Crippen LogP contribution in [0, 0.1) is 5.92 Å². The fraction of sp³-hybridized carbons (Fsp3) is 0.545. The second-order valence-electron chi connectivity index (χ2n) is 7.52. The largest absolute Gasteiger partial charge is 0.308 e. The van der Waals surface area contributed by atoms with Crippen LogP contribution in [0.1, 0.15) is 72.4 Å². The van der Waals surface area contributed by atoms with Crippen molar-refractivity contribution in [1.29, 1.82) is 0 Å². The van der Waals surface area contributed by atoms with Crippen molar-refractivity contribution in [2.75, 3.05) is 6.54 Å². The molecule has 1 atom stereocenters. The van der Waals surface area contributed by atoms with Gasteiger partial charge in [0.25, 0.3) is 0 Å². The van der Waals surface area contributed by atoms with Crippen molar-refractivity contribution >= 4 is 5.57 Å². The molecule has 1 aliphatic carbocycles. The molecule has 0 radical (unpaired) electrons. The number of nitrogens with one attached hydrogen (secondary N) is 1. The highest BCUT2D eigenvalue weighted by Gasteiger charge is 2.30. The molecule has 23 heavy (non-hydrogen) atoms. The third-order valence-corrected chi connectivity index (χ3v) is 5.63. The average molecular weight is 312 g/mol. The molecule has 0 aromatic heterocycles. The molecule has 1 aromatic carbocycles. The number of rotatable bonds is 6. The van der Waals surface area contributed by atoms with Gasteiger partial charge < -0.3 is 5.32 Å². The summed E-state index contributed by atoms with van der Waals surface area (Å²) in [5, 5.41) is 3.76.